The van der Waals surface area contributed by atoms with Gasteiger partial charge in [0.2, 0.25) is 10.0 Å². The third-order valence-electron chi connectivity index (χ3n) is 6.71. The predicted octanol–water partition coefficient (Wildman–Crippen LogP) is 2.75. The van der Waals surface area contributed by atoms with Crippen molar-refractivity contribution in [2.75, 3.05) is 40.0 Å². The van der Waals surface area contributed by atoms with Gasteiger partial charge in [0.25, 0.3) is 11.8 Å². The van der Waals surface area contributed by atoms with Gasteiger partial charge in [-0.2, -0.15) is 9.41 Å². The van der Waals surface area contributed by atoms with Crippen LogP contribution in [0.1, 0.15) is 24.0 Å². The van der Waals surface area contributed by atoms with E-state index in [0.29, 0.717) is 30.0 Å². The number of sulfonamides is 1. The molecule has 0 spiro atoms. The van der Waals surface area contributed by atoms with E-state index < -0.39 is 22.5 Å². The van der Waals surface area contributed by atoms with E-state index in [9.17, 15) is 18.0 Å². The van der Waals surface area contributed by atoms with Gasteiger partial charge in [0.05, 0.1) is 30.9 Å². The second kappa shape index (κ2) is 15.8. The van der Waals surface area contributed by atoms with Crippen LogP contribution in [-0.4, -0.2) is 76.8 Å². The number of carbonyl (C=O) groups is 2. The number of hydrazone groups is 1. The highest BCUT2D eigenvalue weighted by molar-refractivity contribution is 7.89. The normalized spacial score (nSPS) is 15.0. The summed E-state index contributed by atoms with van der Waals surface area (Å²) in [5.74, 6) is 0.217. The van der Waals surface area contributed by atoms with Gasteiger partial charge in [0.1, 0.15) is 11.5 Å². The van der Waals surface area contributed by atoms with E-state index in [0.717, 1.165) is 29.3 Å². The molecule has 1 aliphatic heterocycles. The summed E-state index contributed by atoms with van der Waals surface area (Å²) in [6, 6.07) is 22.3. The molecule has 1 saturated heterocycles. The van der Waals surface area contributed by atoms with Crippen LogP contribution in [0.5, 0.6) is 11.5 Å². The Morgan fingerprint density at radius 2 is 1.72 bits per heavy atom. The number of nitrogens with zero attached hydrogens (tertiary/aromatic N) is 2. The third kappa shape index (κ3) is 9.91. The first-order chi connectivity index (χ1) is 20.8. The van der Waals surface area contributed by atoms with Crippen LogP contribution in [0, 0.1) is 0 Å². The van der Waals surface area contributed by atoms with E-state index in [1.807, 2.05) is 30.3 Å². The lowest BCUT2D eigenvalue weighted by molar-refractivity contribution is -0.123. The van der Waals surface area contributed by atoms with Crippen molar-refractivity contribution in [2.24, 2.45) is 5.10 Å². The molecule has 12 heteroatoms. The number of rotatable bonds is 15. The number of nitrogens with one attached hydrogen (secondary N) is 2. The molecule has 2 N–H and O–H groups in total. The summed E-state index contributed by atoms with van der Waals surface area (Å²) in [4.78, 5) is 24.8. The number of benzene rings is 3. The molecule has 228 valence electrons. The van der Waals surface area contributed by atoms with Gasteiger partial charge >= 0.3 is 0 Å². The van der Waals surface area contributed by atoms with Crippen molar-refractivity contribution in [2.45, 2.75) is 30.3 Å². The number of methoxy groups -OCH3 is 1. The topological polar surface area (TPSA) is 136 Å². The summed E-state index contributed by atoms with van der Waals surface area (Å²) in [6.07, 6.45) is 3.88. The van der Waals surface area contributed by atoms with Crippen LogP contribution in [0.2, 0.25) is 0 Å². The molecule has 0 saturated carbocycles. The van der Waals surface area contributed by atoms with Crippen LogP contribution in [0.4, 0.5) is 0 Å². The fraction of sp³-hybridized carbons (Fsp3) is 0.323. The number of hydrogen-bond acceptors (Lipinski definition) is 8. The minimum Gasteiger partial charge on any atom is -0.497 e. The summed E-state index contributed by atoms with van der Waals surface area (Å²) in [6.45, 7) is 0.775. The van der Waals surface area contributed by atoms with Crippen LogP contribution in [0.15, 0.2) is 88.9 Å². The fourth-order valence-electron chi connectivity index (χ4n) is 4.34. The molecule has 0 unspecified atom stereocenters. The maximum Gasteiger partial charge on any atom is 0.258 e. The minimum atomic E-state index is -3.98. The lowest BCUT2D eigenvalue weighted by Crippen LogP contribution is -2.40. The lowest BCUT2D eigenvalue weighted by Gasteiger charge is -2.21. The van der Waals surface area contributed by atoms with E-state index in [4.69, 9.17) is 14.2 Å². The third-order valence-corrected chi connectivity index (χ3v) is 8.57. The Kier molecular flexibility index (Phi) is 11.7. The lowest BCUT2D eigenvalue weighted by atomic mass is 10.1. The maximum absolute atomic E-state index is 13.4. The first-order valence-corrected chi connectivity index (χ1v) is 15.4. The van der Waals surface area contributed by atoms with Gasteiger partial charge in [0.15, 0.2) is 6.61 Å². The number of amides is 2. The van der Waals surface area contributed by atoms with E-state index in [1.165, 1.54) is 25.5 Å². The molecule has 0 radical (unpaired) electrons. The zero-order valence-corrected chi connectivity index (χ0v) is 24.8. The zero-order chi connectivity index (χ0) is 30.5. The second-order valence-corrected chi connectivity index (χ2v) is 11.8. The summed E-state index contributed by atoms with van der Waals surface area (Å²) in [7, 11) is -2.48. The van der Waals surface area contributed by atoms with Crippen LogP contribution < -0.4 is 20.2 Å². The maximum atomic E-state index is 13.4. The Morgan fingerprint density at radius 3 is 2.40 bits per heavy atom. The van der Waals surface area contributed by atoms with Gasteiger partial charge in [-0.15, -0.1) is 0 Å². The van der Waals surface area contributed by atoms with Crippen molar-refractivity contribution in [3.8, 4) is 11.5 Å². The highest BCUT2D eigenvalue weighted by Gasteiger charge is 2.26. The first-order valence-electron chi connectivity index (χ1n) is 13.9. The highest BCUT2D eigenvalue weighted by Crippen LogP contribution is 2.20. The van der Waals surface area contributed by atoms with Crippen molar-refractivity contribution in [1.29, 1.82) is 0 Å². The molecule has 0 aliphatic carbocycles. The van der Waals surface area contributed by atoms with Crippen LogP contribution in [0.25, 0.3) is 0 Å². The van der Waals surface area contributed by atoms with Crippen molar-refractivity contribution in [3.63, 3.8) is 0 Å². The smallest absolute Gasteiger partial charge is 0.258 e. The SMILES string of the molecule is COc1ccc(S(=O)(=O)N(CCc2ccccc2)CC(=O)N/N=C/c2ccc(OCC(=O)NC[C@H]3CCCO3)cc2)cc1. The molecule has 0 aromatic heterocycles. The Hall–Kier alpha value is -4.26. The van der Waals surface area contributed by atoms with Gasteiger partial charge < -0.3 is 19.5 Å². The Bertz CT molecular complexity index is 1460. The molecule has 4 rings (SSSR count). The Morgan fingerprint density at radius 1 is 1.00 bits per heavy atom. The van der Waals surface area contributed by atoms with Crippen LogP contribution in [-0.2, 0) is 30.8 Å². The number of ether oxygens (including phenoxy) is 3. The van der Waals surface area contributed by atoms with Crippen molar-refractivity contribution < 1.29 is 32.2 Å². The van der Waals surface area contributed by atoms with Gasteiger partial charge in [0, 0.05) is 19.7 Å². The van der Waals surface area contributed by atoms with Crippen molar-refractivity contribution in [3.05, 3.63) is 90.0 Å². The molecule has 3 aromatic carbocycles. The fourth-order valence-corrected chi connectivity index (χ4v) is 5.73. The van der Waals surface area contributed by atoms with Gasteiger partial charge in [-0.05, 0) is 78.9 Å². The predicted molar refractivity (Wildman–Crippen MR) is 162 cm³/mol. The molecular weight excluding hydrogens is 572 g/mol. The number of hydrogen-bond donors (Lipinski definition) is 2. The zero-order valence-electron chi connectivity index (χ0n) is 24.0. The monoisotopic (exact) mass is 608 g/mol. The summed E-state index contributed by atoms with van der Waals surface area (Å²) in [5, 5.41) is 6.78. The van der Waals surface area contributed by atoms with Crippen molar-refractivity contribution in [1.82, 2.24) is 15.0 Å². The molecule has 11 nitrogen and oxygen atoms in total. The molecular formula is C31H36N4O7S. The van der Waals surface area contributed by atoms with E-state index in [2.05, 4.69) is 15.8 Å². The Labute approximate surface area is 251 Å². The minimum absolute atomic E-state index is 0.0558. The quantitative estimate of drug-likeness (QED) is 0.200. The highest BCUT2D eigenvalue weighted by atomic mass is 32.2. The van der Waals surface area contributed by atoms with E-state index in [-0.39, 0.29) is 30.1 Å². The molecule has 1 heterocycles. The van der Waals surface area contributed by atoms with Crippen molar-refractivity contribution >= 4 is 28.1 Å². The average Bonchev–Trinajstić information content (AvgIpc) is 3.56. The second-order valence-electron chi connectivity index (χ2n) is 9.84. The number of carbonyl (C=O) groups excluding carboxylic acids is 2. The van der Waals surface area contributed by atoms with Gasteiger partial charge in [-0.1, -0.05) is 30.3 Å². The van der Waals surface area contributed by atoms with Crippen LogP contribution >= 0.6 is 0 Å². The summed E-state index contributed by atoms with van der Waals surface area (Å²) >= 11 is 0. The molecule has 1 atom stereocenters. The summed E-state index contributed by atoms with van der Waals surface area (Å²) < 4.78 is 44.1. The van der Waals surface area contributed by atoms with Crippen LogP contribution in [0.3, 0.4) is 0 Å². The molecule has 43 heavy (non-hydrogen) atoms. The Balaban J connectivity index is 1.30. The largest absolute Gasteiger partial charge is 0.497 e. The molecule has 1 fully saturated rings. The molecule has 2 amide bonds. The first kappa shape index (κ1) is 31.7. The van der Waals surface area contributed by atoms with Gasteiger partial charge in [-0.3, -0.25) is 9.59 Å². The standard InChI is InChI=1S/C31H36N4O7S/c1-40-26-13-15-29(16-14-26)43(38,39)35(18-17-24-6-3-2-4-7-24)22-30(36)34-33-20-25-9-11-27(12-10-25)42-23-31(37)32-21-28-8-5-19-41-28/h2-4,6-7,9-16,20,28H,5,8,17-19,21-23H2,1H3,(H,32,37)(H,34,36)/b33-20+/t28-/m1/s1. The summed E-state index contributed by atoms with van der Waals surface area (Å²) in [5.41, 5.74) is 4.02. The average molecular weight is 609 g/mol. The molecule has 1 aliphatic rings. The molecule has 0 bridgehead atoms. The van der Waals surface area contributed by atoms with E-state index >= 15 is 0 Å². The van der Waals surface area contributed by atoms with Gasteiger partial charge in [-0.25, -0.2) is 13.8 Å². The molecule has 3 aromatic rings. The van der Waals surface area contributed by atoms with E-state index in [1.54, 1.807) is 36.4 Å².